The van der Waals surface area contributed by atoms with E-state index in [1.54, 1.807) is 12.1 Å². The lowest BCUT2D eigenvalue weighted by atomic mass is 9.92. The van der Waals surface area contributed by atoms with Gasteiger partial charge >= 0.3 is 0 Å². The summed E-state index contributed by atoms with van der Waals surface area (Å²) >= 11 is 1.49. The Kier molecular flexibility index (Phi) is 4.65. The molecule has 0 aromatic heterocycles. The molecule has 1 aliphatic heterocycles. The van der Waals surface area contributed by atoms with Crippen LogP contribution in [0.4, 0.5) is 11.4 Å². The summed E-state index contributed by atoms with van der Waals surface area (Å²) in [7, 11) is 0. The van der Waals surface area contributed by atoms with Crippen molar-refractivity contribution in [1.29, 1.82) is 0 Å². The van der Waals surface area contributed by atoms with Crippen LogP contribution in [0.25, 0.3) is 0 Å². The maximum atomic E-state index is 13.1. The summed E-state index contributed by atoms with van der Waals surface area (Å²) in [5.41, 5.74) is 3.44. The van der Waals surface area contributed by atoms with Gasteiger partial charge in [0, 0.05) is 12.1 Å². The first-order valence-electron chi connectivity index (χ1n) is 7.66. The molecule has 0 saturated carbocycles. The summed E-state index contributed by atoms with van der Waals surface area (Å²) in [4.78, 5) is 23.4. The molecule has 0 bridgehead atoms. The van der Waals surface area contributed by atoms with Gasteiger partial charge in [-0.15, -0.1) is 11.8 Å². The summed E-state index contributed by atoms with van der Waals surface area (Å²) in [5, 5.41) is 15.6. The number of nitro groups is 1. The fraction of sp³-hybridized carbons (Fsp3) is 0.235. The average Bonchev–Trinajstić information content (AvgIpc) is 2.88. The summed E-state index contributed by atoms with van der Waals surface area (Å²) in [6, 6.07) is 15.5. The topological polar surface area (TPSA) is 87.5 Å². The largest absolute Gasteiger partial charge is 0.294 e. The van der Waals surface area contributed by atoms with Gasteiger partial charge in [0.25, 0.3) is 11.6 Å². The molecule has 2 N–H and O–H groups in total. The summed E-state index contributed by atoms with van der Waals surface area (Å²) in [6.07, 6.45) is 1.91. The average molecular weight is 358 g/mol. The highest BCUT2D eigenvalue weighted by atomic mass is 32.2. The monoisotopic (exact) mass is 358 g/mol. The number of rotatable bonds is 5. The number of hydrazine groups is 1. The highest BCUT2D eigenvalue weighted by Crippen LogP contribution is 2.34. The molecule has 1 saturated heterocycles. The fourth-order valence-corrected chi connectivity index (χ4v) is 3.48. The minimum Gasteiger partial charge on any atom is -0.294 e. The SMILES string of the molecule is CSC1N[C@@](C)(c2ccccc2)C(=O)N1Nc1ccc([N+](=O)[O-])cc1. The quantitative estimate of drug-likeness (QED) is 0.631. The predicted molar refractivity (Wildman–Crippen MR) is 97.8 cm³/mol. The van der Waals surface area contributed by atoms with Crippen molar-refractivity contribution < 1.29 is 9.72 Å². The number of benzene rings is 2. The van der Waals surface area contributed by atoms with Gasteiger partial charge < -0.3 is 0 Å². The van der Waals surface area contributed by atoms with Crippen LogP contribution in [0.3, 0.4) is 0 Å². The van der Waals surface area contributed by atoms with Gasteiger partial charge in [0.1, 0.15) is 5.54 Å². The molecule has 1 heterocycles. The molecule has 1 unspecified atom stereocenters. The van der Waals surface area contributed by atoms with Gasteiger partial charge in [-0.3, -0.25) is 25.7 Å². The molecule has 0 spiro atoms. The van der Waals surface area contributed by atoms with Crippen LogP contribution in [0.2, 0.25) is 0 Å². The second kappa shape index (κ2) is 6.73. The van der Waals surface area contributed by atoms with E-state index >= 15 is 0 Å². The lowest BCUT2D eigenvalue weighted by Crippen LogP contribution is -2.41. The smallest absolute Gasteiger partial charge is 0.269 e. The van der Waals surface area contributed by atoms with E-state index in [4.69, 9.17) is 0 Å². The molecule has 7 nitrogen and oxygen atoms in total. The van der Waals surface area contributed by atoms with Crippen LogP contribution in [-0.4, -0.2) is 27.6 Å². The molecular formula is C17H18N4O3S. The zero-order valence-corrected chi connectivity index (χ0v) is 14.6. The van der Waals surface area contributed by atoms with Crippen molar-refractivity contribution in [3.8, 4) is 0 Å². The van der Waals surface area contributed by atoms with Crippen molar-refractivity contribution in [3.63, 3.8) is 0 Å². The maximum absolute atomic E-state index is 13.1. The molecule has 0 radical (unpaired) electrons. The molecular weight excluding hydrogens is 340 g/mol. The van der Waals surface area contributed by atoms with Crippen LogP contribution in [0.15, 0.2) is 54.6 Å². The van der Waals surface area contributed by atoms with E-state index in [2.05, 4.69) is 10.7 Å². The van der Waals surface area contributed by atoms with Gasteiger partial charge in [-0.1, -0.05) is 30.3 Å². The summed E-state index contributed by atoms with van der Waals surface area (Å²) in [6.45, 7) is 1.85. The lowest BCUT2D eigenvalue weighted by Gasteiger charge is -2.24. The number of nitrogens with one attached hydrogen (secondary N) is 2. The third kappa shape index (κ3) is 3.18. The number of amides is 1. The number of carbonyl (C=O) groups is 1. The van der Waals surface area contributed by atoms with Gasteiger partial charge in [0.05, 0.1) is 10.6 Å². The normalized spacial score (nSPS) is 22.9. The van der Waals surface area contributed by atoms with Gasteiger partial charge in [-0.2, -0.15) is 0 Å². The number of carbonyl (C=O) groups excluding carboxylic acids is 1. The minimum atomic E-state index is -0.845. The maximum Gasteiger partial charge on any atom is 0.269 e. The number of nitro benzene ring substituents is 1. The first-order chi connectivity index (χ1) is 12.0. The standard InChI is InChI=1S/C17H18N4O3S/c1-17(12-6-4-3-5-7-12)15(22)20(16(18-17)25-2)19-13-8-10-14(11-9-13)21(23)24/h3-11,16,18-19H,1-2H3/t16?,17-/m0/s1. The van der Waals surface area contributed by atoms with Crippen LogP contribution in [0, 0.1) is 10.1 Å². The molecule has 130 valence electrons. The summed E-state index contributed by atoms with van der Waals surface area (Å²) in [5.74, 6) is -0.114. The fourth-order valence-electron chi connectivity index (χ4n) is 2.77. The predicted octanol–water partition coefficient (Wildman–Crippen LogP) is 2.92. The third-order valence-electron chi connectivity index (χ3n) is 4.20. The zero-order chi connectivity index (χ0) is 18.0. The van der Waals surface area contributed by atoms with Crippen molar-refractivity contribution >= 4 is 29.0 Å². The Morgan fingerprint density at radius 2 is 1.84 bits per heavy atom. The Hall–Kier alpha value is -2.58. The van der Waals surface area contributed by atoms with Gasteiger partial charge in [-0.05, 0) is 30.9 Å². The van der Waals surface area contributed by atoms with Crippen molar-refractivity contribution in [1.82, 2.24) is 10.3 Å². The van der Waals surface area contributed by atoms with E-state index in [0.717, 1.165) is 5.56 Å². The minimum absolute atomic E-state index is 0.00645. The molecule has 1 fully saturated rings. The Bertz CT molecular complexity index is 784. The van der Waals surface area contributed by atoms with E-state index < -0.39 is 10.5 Å². The highest BCUT2D eigenvalue weighted by molar-refractivity contribution is 7.99. The van der Waals surface area contributed by atoms with Gasteiger partial charge in [-0.25, -0.2) is 5.01 Å². The number of hydrogen-bond acceptors (Lipinski definition) is 6. The number of anilines is 1. The molecule has 3 rings (SSSR count). The molecule has 2 aromatic rings. The Labute approximate surface area is 149 Å². The number of thioether (sulfide) groups is 1. The number of non-ortho nitro benzene ring substituents is 1. The molecule has 8 heteroatoms. The second-order valence-electron chi connectivity index (χ2n) is 5.81. The van der Waals surface area contributed by atoms with Crippen LogP contribution in [0.1, 0.15) is 12.5 Å². The molecule has 1 aliphatic rings. The first kappa shape index (κ1) is 17.2. The Balaban J connectivity index is 1.85. The van der Waals surface area contributed by atoms with Crippen molar-refractivity contribution in [2.45, 2.75) is 18.0 Å². The molecule has 1 amide bonds. The van der Waals surface area contributed by atoms with E-state index in [1.165, 1.54) is 28.9 Å². The van der Waals surface area contributed by atoms with E-state index in [1.807, 2.05) is 43.5 Å². The second-order valence-corrected chi connectivity index (χ2v) is 6.73. The highest BCUT2D eigenvalue weighted by Gasteiger charge is 2.49. The molecule has 2 atom stereocenters. The van der Waals surface area contributed by atoms with E-state index in [-0.39, 0.29) is 17.1 Å². The lowest BCUT2D eigenvalue weighted by molar-refractivity contribution is -0.384. The van der Waals surface area contributed by atoms with Crippen LogP contribution in [0.5, 0.6) is 0 Å². The Morgan fingerprint density at radius 1 is 1.20 bits per heavy atom. The van der Waals surface area contributed by atoms with Crippen molar-refractivity contribution in [2.75, 3.05) is 11.7 Å². The Morgan fingerprint density at radius 3 is 2.40 bits per heavy atom. The number of hydrogen-bond donors (Lipinski definition) is 2. The summed E-state index contributed by atoms with van der Waals surface area (Å²) < 4.78 is 0. The van der Waals surface area contributed by atoms with Gasteiger partial charge in [0.15, 0.2) is 5.50 Å². The van der Waals surface area contributed by atoms with Crippen LogP contribution >= 0.6 is 11.8 Å². The third-order valence-corrected chi connectivity index (χ3v) is 4.97. The van der Waals surface area contributed by atoms with E-state index in [0.29, 0.717) is 5.69 Å². The molecule has 25 heavy (non-hydrogen) atoms. The first-order valence-corrected chi connectivity index (χ1v) is 8.95. The zero-order valence-electron chi connectivity index (χ0n) is 13.8. The van der Waals surface area contributed by atoms with Crippen LogP contribution in [-0.2, 0) is 10.3 Å². The van der Waals surface area contributed by atoms with Crippen molar-refractivity contribution in [2.24, 2.45) is 0 Å². The van der Waals surface area contributed by atoms with Crippen LogP contribution < -0.4 is 10.7 Å². The van der Waals surface area contributed by atoms with E-state index in [9.17, 15) is 14.9 Å². The molecule has 2 aromatic carbocycles. The van der Waals surface area contributed by atoms with Gasteiger partial charge in [0.2, 0.25) is 0 Å². The van der Waals surface area contributed by atoms with Crippen molar-refractivity contribution in [3.05, 3.63) is 70.3 Å². The number of nitrogens with zero attached hydrogens (tertiary/aromatic N) is 2. The molecule has 0 aliphatic carbocycles.